The summed E-state index contributed by atoms with van der Waals surface area (Å²) in [6.45, 7) is 6.27. The molecule has 0 heterocycles. The van der Waals surface area contributed by atoms with Gasteiger partial charge in [-0.15, -0.1) is 0 Å². The fraction of sp³-hybridized carbons (Fsp3) is 0.550. The van der Waals surface area contributed by atoms with Crippen molar-refractivity contribution in [3.05, 3.63) is 146 Å². The molecule has 0 saturated heterocycles. The van der Waals surface area contributed by atoms with Crippen LogP contribution in [-0.4, -0.2) is 37.2 Å². The molecule has 0 spiro atoms. The van der Waals surface area contributed by atoms with Gasteiger partial charge in [0, 0.05) is 19.3 Å². The molecule has 6 nitrogen and oxygen atoms in total. The molecular weight excluding hydrogens is 817 g/mol. The highest BCUT2D eigenvalue weighted by Crippen LogP contribution is 2.13. The van der Waals surface area contributed by atoms with Crippen LogP contribution in [-0.2, 0) is 28.6 Å². The SMILES string of the molecule is CC\C=C/C=C\C=C/C=C\C=C\C=C/C=C\CCCCCC(=O)OCC(COC(=O)CCCCCCCCCCCC)OC(=O)CCCCC/C=C\C/C=C\C/C=C\C/C=C\C/C=C\CC. The molecule has 368 valence electrons. The van der Waals surface area contributed by atoms with Crippen molar-refractivity contribution in [1.82, 2.24) is 0 Å². The molecule has 0 aliphatic carbocycles. The van der Waals surface area contributed by atoms with Crippen LogP contribution < -0.4 is 0 Å². The smallest absolute Gasteiger partial charge is 0.306 e. The topological polar surface area (TPSA) is 78.9 Å². The summed E-state index contributed by atoms with van der Waals surface area (Å²) in [6.07, 6.45) is 75.4. The van der Waals surface area contributed by atoms with Crippen molar-refractivity contribution < 1.29 is 28.6 Å². The second kappa shape index (κ2) is 52.9. The quantitative estimate of drug-likeness (QED) is 0.0199. The second-order valence-electron chi connectivity index (χ2n) is 16.5. The summed E-state index contributed by atoms with van der Waals surface area (Å²) in [6, 6.07) is 0. The van der Waals surface area contributed by atoms with E-state index in [1.54, 1.807) is 0 Å². The summed E-state index contributed by atoms with van der Waals surface area (Å²) < 4.78 is 16.7. The van der Waals surface area contributed by atoms with Gasteiger partial charge in [-0.05, 0) is 83.5 Å². The first kappa shape index (κ1) is 61.3. The first-order valence-electron chi connectivity index (χ1n) is 25.9. The number of hydrogen-bond donors (Lipinski definition) is 0. The third kappa shape index (κ3) is 50.3. The van der Waals surface area contributed by atoms with Gasteiger partial charge in [0.2, 0.25) is 0 Å². The van der Waals surface area contributed by atoms with E-state index in [0.29, 0.717) is 19.3 Å². The zero-order chi connectivity index (χ0) is 47.9. The summed E-state index contributed by atoms with van der Waals surface area (Å²) >= 11 is 0. The van der Waals surface area contributed by atoms with E-state index in [9.17, 15) is 14.4 Å². The summed E-state index contributed by atoms with van der Waals surface area (Å²) in [4.78, 5) is 38.0. The summed E-state index contributed by atoms with van der Waals surface area (Å²) in [5, 5.41) is 0. The lowest BCUT2D eigenvalue weighted by Gasteiger charge is -2.18. The summed E-state index contributed by atoms with van der Waals surface area (Å²) in [7, 11) is 0. The maximum Gasteiger partial charge on any atom is 0.306 e. The summed E-state index contributed by atoms with van der Waals surface area (Å²) in [5.74, 6) is -1.00. The Labute approximate surface area is 404 Å². The van der Waals surface area contributed by atoms with E-state index in [-0.39, 0.29) is 37.5 Å². The first-order valence-corrected chi connectivity index (χ1v) is 25.9. The van der Waals surface area contributed by atoms with Gasteiger partial charge >= 0.3 is 17.9 Å². The molecule has 0 aromatic heterocycles. The van der Waals surface area contributed by atoms with Crippen molar-refractivity contribution in [3.63, 3.8) is 0 Å². The Morgan fingerprint density at radius 2 is 0.667 bits per heavy atom. The van der Waals surface area contributed by atoms with Crippen molar-refractivity contribution in [2.45, 2.75) is 200 Å². The van der Waals surface area contributed by atoms with E-state index in [4.69, 9.17) is 14.2 Å². The molecule has 0 aromatic rings. The predicted molar refractivity (Wildman–Crippen MR) is 283 cm³/mol. The number of hydrogen-bond acceptors (Lipinski definition) is 6. The molecule has 0 fully saturated rings. The van der Waals surface area contributed by atoms with Crippen LogP contribution in [0.4, 0.5) is 0 Å². The van der Waals surface area contributed by atoms with Crippen LogP contribution in [0.5, 0.6) is 0 Å². The van der Waals surface area contributed by atoms with Crippen LogP contribution in [0.1, 0.15) is 194 Å². The van der Waals surface area contributed by atoms with Crippen molar-refractivity contribution in [1.29, 1.82) is 0 Å². The fourth-order valence-corrected chi connectivity index (χ4v) is 6.45. The van der Waals surface area contributed by atoms with Crippen molar-refractivity contribution in [2.75, 3.05) is 13.2 Å². The Bertz CT molecular complexity index is 1510. The zero-order valence-corrected chi connectivity index (χ0v) is 41.9. The lowest BCUT2D eigenvalue weighted by Crippen LogP contribution is -2.30. The van der Waals surface area contributed by atoms with E-state index < -0.39 is 6.10 Å². The molecule has 6 heteroatoms. The van der Waals surface area contributed by atoms with Crippen LogP contribution in [0.15, 0.2) is 146 Å². The lowest BCUT2D eigenvalue weighted by atomic mass is 10.1. The molecule has 66 heavy (non-hydrogen) atoms. The van der Waals surface area contributed by atoms with Crippen LogP contribution in [0.25, 0.3) is 0 Å². The number of allylic oxidation sites excluding steroid dienone is 24. The van der Waals surface area contributed by atoms with E-state index in [0.717, 1.165) is 103 Å². The van der Waals surface area contributed by atoms with Crippen molar-refractivity contribution in [3.8, 4) is 0 Å². The van der Waals surface area contributed by atoms with Gasteiger partial charge in [0.15, 0.2) is 6.10 Å². The number of esters is 3. The Hall–Kier alpha value is -4.71. The minimum atomic E-state index is -0.819. The van der Waals surface area contributed by atoms with E-state index in [1.165, 1.54) is 44.9 Å². The van der Waals surface area contributed by atoms with Gasteiger partial charge in [-0.25, -0.2) is 0 Å². The molecule has 0 saturated carbocycles. The van der Waals surface area contributed by atoms with E-state index in [2.05, 4.69) is 93.7 Å². The average molecular weight is 909 g/mol. The highest BCUT2D eigenvalue weighted by Gasteiger charge is 2.19. The normalized spacial score (nSPS) is 13.3. The van der Waals surface area contributed by atoms with Gasteiger partial charge < -0.3 is 14.2 Å². The number of carbonyl (C=O) groups is 3. The van der Waals surface area contributed by atoms with Gasteiger partial charge in [0.1, 0.15) is 13.2 Å². The highest BCUT2D eigenvalue weighted by atomic mass is 16.6. The molecule has 0 rings (SSSR count). The van der Waals surface area contributed by atoms with Crippen LogP contribution in [0.2, 0.25) is 0 Å². The number of rotatable bonds is 44. The Morgan fingerprint density at radius 1 is 0.333 bits per heavy atom. The number of ether oxygens (including phenoxy) is 3. The van der Waals surface area contributed by atoms with Gasteiger partial charge in [-0.3, -0.25) is 14.4 Å². The van der Waals surface area contributed by atoms with Crippen molar-refractivity contribution >= 4 is 17.9 Å². The maximum atomic E-state index is 12.8. The maximum absolute atomic E-state index is 12.8. The first-order chi connectivity index (χ1) is 32.5. The van der Waals surface area contributed by atoms with Gasteiger partial charge in [0.25, 0.3) is 0 Å². The summed E-state index contributed by atoms with van der Waals surface area (Å²) in [5.41, 5.74) is 0. The molecule has 0 aliphatic heterocycles. The van der Waals surface area contributed by atoms with Gasteiger partial charge in [0.05, 0.1) is 0 Å². The molecule has 0 amide bonds. The lowest BCUT2D eigenvalue weighted by molar-refractivity contribution is -0.167. The largest absolute Gasteiger partial charge is 0.462 e. The van der Waals surface area contributed by atoms with Crippen LogP contribution >= 0.6 is 0 Å². The molecule has 0 N–H and O–H groups in total. The number of unbranched alkanes of at least 4 members (excludes halogenated alkanes) is 15. The van der Waals surface area contributed by atoms with E-state index in [1.807, 2.05) is 72.9 Å². The Morgan fingerprint density at radius 3 is 1.11 bits per heavy atom. The molecular formula is C60H92O6. The average Bonchev–Trinajstić information content (AvgIpc) is 3.31. The van der Waals surface area contributed by atoms with Crippen LogP contribution in [0.3, 0.4) is 0 Å². The molecule has 0 bridgehead atoms. The Kier molecular flexibility index (Phi) is 49.1. The molecule has 0 aromatic carbocycles. The minimum Gasteiger partial charge on any atom is -0.462 e. The van der Waals surface area contributed by atoms with Gasteiger partial charge in [-0.2, -0.15) is 0 Å². The number of carbonyl (C=O) groups excluding carboxylic acids is 3. The second-order valence-corrected chi connectivity index (χ2v) is 16.5. The standard InChI is InChI=1S/C60H92O6/c1-4-7-10-13-16-19-22-24-26-28-30-32-34-36-38-41-44-47-50-53-59(62)65-56-57(55-64-58(61)52-49-46-43-40-21-18-15-12-9-6-3)66-60(63)54-51-48-45-42-39-37-35-33-31-29-27-25-23-20-17-14-11-8-5-2/h7-8,10-11,13,16-17,19-20,22,24-28,30-34,36-39,57H,4-6,9,12,14-15,18,21,23,29,35,40-56H2,1-3H3/b10-7-,11-8-,16-13-,20-17-,22-19-,26-24-,27-25-,30-28+,33-31-,34-32-,38-36-,39-37-. The molecule has 1 unspecified atom stereocenters. The minimum absolute atomic E-state index is 0.112. The third-order valence-corrected chi connectivity index (χ3v) is 10.3. The van der Waals surface area contributed by atoms with Gasteiger partial charge in [-0.1, -0.05) is 237 Å². The fourth-order valence-electron chi connectivity index (χ4n) is 6.45. The molecule has 1 atom stereocenters. The van der Waals surface area contributed by atoms with Crippen LogP contribution in [0, 0.1) is 0 Å². The zero-order valence-electron chi connectivity index (χ0n) is 41.9. The third-order valence-electron chi connectivity index (χ3n) is 10.3. The predicted octanol–water partition coefficient (Wildman–Crippen LogP) is 17.3. The Balaban J connectivity index is 4.56. The van der Waals surface area contributed by atoms with E-state index >= 15 is 0 Å². The highest BCUT2D eigenvalue weighted by molar-refractivity contribution is 5.71. The van der Waals surface area contributed by atoms with Crippen molar-refractivity contribution in [2.24, 2.45) is 0 Å². The molecule has 0 radical (unpaired) electrons. The molecule has 0 aliphatic rings. The monoisotopic (exact) mass is 909 g/mol.